The van der Waals surface area contributed by atoms with Crippen LogP contribution in [0.25, 0.3) is 0 Å². The van der Waals surface area contributed by atoms with Gasteiger partial charge in [-0.25, -0.2) is 4.99 Å². The molecular weight excluding hydrogens is 345 g/mol. The monoisotopic (exact) mass is 372 g/mol. The summed E-state index contributed by atoms with van der Waals surface area (Å²) < 4.78 is 42.8. The zero-order chi connectivity index (χ0) is 19.2. The number of alkyl halides is 3. The topological polar surface area (TPSA) is 48.9 Å². The summed E-state index contributed by atoms with van der Waals surface area (Å²) in [7, 11) is 1.63. The van der Waals surface area contributed by atoms with E-state index in [2.05, 4.69) is 15.6 Å². The standard InChI is InChI=1S/C18H27F3N4O/c1-4-22-17(23-10-14-6-5-13(2)16(9-14)26-3)24-15-7-8-25(11-15)12-18(19,20)21/h5-6,9,15H,4,7-8,10-12H2,1-3H3,(H2,22,23,24). The third-order valence-corrected chi connectivity index (χ3v) is 4.25. The minimum atomic E-state index is -4.15. The minimum Gasteiger partial charge on any atom is -0.496 e. The first-order valence-electron chi connectivity index (χ1n) is 8.78. The molecule has 2 N–H and O–H groups in total. The Balaban J connectivity index is 1.95. The summed E-state index contributed by atoms with van der Waals surface area (Å²) in [5.41, 5.74) is 2.07. The molecule has 1 aliphatic rings. The van der Waals surface area contributed by atoms with Gasteiger partial charge in [-0.2, -0.15) is 13.2 Å². The number of rotatable bonds is 6. The molecule has 0 spiro atoms. The van der Waals surface area contributed by atoms with Crippen LogP contribution in [0, 0.1) is 6.92 Å². The number of nitrogens with one attached hydrogen (secondary N) is 2. The summed E-state index contributed by atoms with van der Waals surface area (Å²) in [6, 6.07) is 5.88. The van der Waals surface area contributed by atoms with Crippen molar-refractivity contribution in [2.75, 3.05) is 33.3 Å². The van der Waals surface area contributed by atoms with Crippen LogP contribution in [0.3, 0.4) is 0 Å². The molecule has 5 nitrogen and oxygen atoms in total. The molecule has 146 valence electrons. The summed E-state index contributed by atoms with van der Waals surface area (Å²) in [5, 5.41) is 6.39. The molecule has 2 rings (SSSR count). The zero-order valence-corrected chi connectivity index (χ0v) is 15.5. The quantitative estimate of drug-likeness (QED) is 0.596. The number of aryl methyl sites for hydroxylation is 1. The van der Waals surface area contributed by atoms with E-state index >= 15 is 0 Å². The van der Waals surface area contributed by atoms with Gasteiger partial charge < -0.3 is 15.4 Å². The van der Waals surface area contributed by atoms with Crippen LogP contribution >= 0.6 is 0 Å². The Morgan fingerprint density at radius 2 is 2.15 bits per heavy atom. The molecule has 1 aliphatic heterocycles. The highest BCUT2D eigenvalue weighted by Crippen LogP contribution is 2.21. The zero-order valence-electron chi connectivity index (χ0n) is 15.5. The Morgan fingerprint density at radius 3 is 2.81 bits per heavy atom. The minimum absolute atomic E-state index is 0.0392. The van der Waals surface area contributed by atoms with Crippen LogP contribution in [0.4, 0.5) is 13.2 Å². The van der Waals surface area contributed by atoms with Crippen molar-refractivity contribution in [2.24, 2.45) is 4.99 Å². The van der Waals surface area contributed by atoms with Crippen molar-refractivity contribution in [1.29, 1.82) is 0 Å². The second-order valence-electron chi connectivity index (χ2n) is 6.48. The average Bonchev–Trinajstić information content (AvgIpc) is 2.99. The second kappa shape index (κ2) is 9.12. The van der Waals surface area contributed by atoms with Crippen LogP contribution < -0.4 is 15.4 Å². The molecule has 0 aromatic heterocycles. The van der Waals surface area contributed by atoms with E-state index in [0.717, 1.165) is 16.9 Å². The molecule has 1 aromatic rings. The van der Waals surface area contributed by atoms with E-state index < -0.39 is 12.7 Å². The molecular formula is C18H27F3N4O. The molecule has 0 aliphatic carbocycles. The van der Waals surface area contributed by atoms with E-state index in [1.54, 1.807) is 7.11 Å². The predicted octanol–water partition coefficient (Wildman–Crippen LogP) is 2.70. The van der Waals surface area contributed by atoms with E-state index in [-0.39, 0.29) is 6.04 Å². The number of likely N-dealkylation sites (tertiary alicyclic amines) is 1. The normalized spacial score (nSPS) is 18.8. The summed E-state index contributed by atoms with van der Waals surface area (Å²) in [6.07, 6.45) is -3.49. The van der Waals surface area contributed by atoms with Crippen LogP contribution in [0.1, 0.15) is 24.5 Å². The summed E-state index contributed by atoms with van der Waals surface area (Å²) in [6.45, 7) is 5.02. The fourth-order valence-electron chi connectivity index (χ4n) is 2.99. The molecule has 1 saturated heterocycles. The maximum atomic E-state index is 12.5. The Morgan fingerprint density at radius 1 is 1.38 bits per heavy atom. The number of aliphatic imine (C=N–C) groups is 1. The molecule has 26 heavy (non-hydrogen) atoms. The highest BCUT2D eigenvalue weighted by Gasteiger charge is 2.34. The van der Waals surface area contributed by atoms with Gasteiger partial charge in [0.1, 0.15) is 5.75 Å². The number of ether oxygens (including phenoxy) is 1. The van der Waals surface area contributed by atoms with Gasteiger partial charge in [-0.05, 0) is 37.5 Å². The van der Waals surface area contributed by atoms with Crippen molar-refractivity contribution >= 4 is 5.96 Å². The molecule has 1 unspecified atom stereocenters. The summed E-state index contributed by atoms with van der Waals surface area (Å²) in [4.78, 5) is 5.97. The number of halogens is 3. The van der Waals surface area contributed by atoms with Gasteiger partial charge in [-0.3, -0.25) is 4.90 Å². The predicted molar refractivity (Wildman–Crippen MR) is 96.6 cm³/mol. The average molecular weight is 372 g/mol. The maximum Gasteiger partial charge on any atom is 0.401 e. The summed E-state index contributed by atoms with van der Waals surface area (Å²) >= 11 is 0. The molecule has 1 fully saturated rings. The van der Waals surface area contributed by atoms with Crippen molar-refractivity contribution in [3.8, 4) is 5.75 Å². The van der Waals surface area contributed by atoms with Crippen LogP contribution in [0.15, 0.2) is 23.2 Å². The lowest BCUT2D eigenvalue weighted by Gasteiger charge is -2.19. The first-order chi connectivity index (χ1) is 12.3. The van der Waals surface area contributed by atoms with Crippen molar-refractivity contribution in [1.82, 2.24) is 15.5 Å². The smallest absolute Gasteiger partial charge is 0.401 e. The van der Waals surface area contributed by atoms with Gasteiger partial charge in [-0.1, -0.05) is 12.1 Å². The number of hydrogen-bond donors (Lipinski definition) is 2. The number of guanidine groups is 1. The first-order valence-corrected chi connectivity index (χ1v) is 8.78. The Bertz CT molecular complexity index is 619. The van der Waals surface area contributed by atoms with Crippen molar-refractivity contribution in [2.45, 2.75) is 39.0 Å². The van der Waals surface area contributed by atoms with E-state index in [9.17, 15) is 13.2 Å². The number of methoxy groups -OCH3 is 1. The van der Waals surface area contributed by atoms with Gasteiger partial charge in [0.05, 0.1) is 20.2 Å². The molecule has 0 radical (unpaired) electrons. The number of nitrogens with zero attached hydrogens (tertiary/aromatic N) is 2. The van der Waals surface area contributed by atoms with E-state index in [1.165, 1.54) is 4.90 Å². The van der Waals surface area contributed by atoms with Crippen LogP contribution in [-0.4, -0.2) is 56.4 Å². The van der Waals surface area contributed by atoms with Gasteiger partial charge in [0.2, 0.25) is 0 Å². The van der Waals surface area contributed by atoms with Crippen molar-refractivity contribution in [3.05, 3.63) is 29.3 Å². The third-order valence-electron chi connectivity index (χ3n) is 4.25. The largest absolute Gasteiger partial charge is 0.496 e. The Kier molecular flexibility index (Phi) is 7.14. The molecule has 8 heteroatoms. The number of benzene rings is 1. The molecule has 1 aromatic carbocycles. The maximum absolute atomic E-state index is 12.5. The fourth-order valence-corrected chi connectivity index (χ4v) is 2.99. The first kappa shape index (κ1) is 20.4. The lowest BCUT2D eigenvalue weighted by atomic mass is 10.1. The molecule has 1 heterocycles. The van der Waals surface area contributed by atoms with Gasteiger partial charge in [-0.15, -0.1) is 0 Å². The van der Waals surface area contributed by atoms with Crippen LogP contribution in [-0.2, 0) is 6.54 Å². The van der Waals surface area contributed by atoms with E-state index in [1.807, 2.05) is 32.0 Å². The highest BCUT2D eigenvalue weighted by atomic mass is 19.4. The van der Waals surface area contributed by atoms with Crippen LogP contribution in [0.5, 0.6) is 5.75 Å². The van der Waals surface area contributed by atoms with Gasteiger partial charge in [0.15, 0.2) is 5.96 Å². The third kappa shape index (κ3) is 6.40. The lowest BCUT2D eigenvalue weighted by Crippen LogP contribution is -2.45. The molecule has 0 saturated carbocycles. The lowest BCUT2D eigenvalue weighted by molar-refractivity contribution is -0.143. The van der Waals surface area contributed by atoms with Crippen molar-refractivity contribution < 1.29 is 17.9 Å². The molecule has 0 bridgehead atoms. The Labute approximate surface area is 152 Å². The molecule has 1 atom stereocenters. The molecule has 0 amide bonds. The summed E-state index contributed by atoms with van der Waals surface area (Å²) in [5.74, 6) is 1.43. The van der Waals surface area contributed by atoms with E-state index in [0.29, 0.717) is 38.6 Å². The van der Waals surface area contributed by atoms with Gasteiger partial charge in [0, 0.05) is 25.7 Å². The van der Waals surface area contributed by atoms with Gasteiger partial charge >= 0.3 is 6.18 Å². The van der Waals surface area contributed by atoms with Crippen molar-refractivity contribution in [3.63, 3.8) is 0 Å². The van der Waals surface area contributed by atoms with Crippen LogP contribution in [0.2, 0.25) is 0 Å². The highest BCUT2D eigenvalue weighted by molar-refractivity contribution is 5.80. The second-order valence-corrected chi connectivity index (χ2v) is 6.48. The van der Waals surface area contributed by atoms with Gasteiger partial charge in [0.25, 0.3) is 0 Å². The number of hydrogen-bond acceptors (Lipinski definition) is 3. The SMILES string of the molecule is CCNC(=NCc1ccc(C)c(OC)c1)NC1CCN(CC(F)(F)F)C1. The fraction of sp³-hybridized carbons (Fsp3) is 0.611. The van der Waals surface area contributed by atoms with E-state index in [4.69, 9.17) is 4.74 Å². The Hall–Kier alpha value is -1.96.